The van der Waals surface area contributed by atoms with Gasteiger partial charge in [0.25, 0.3) is 0 Å². The molecule has 0 bridgehead atoms. The van der Waals surface area contributed by atoms with Crippen LogP contribution in [0.25, 0.3) is 22.3 Å². The highest BCUT2D eigenvalue weighted by molar-refractivity contribution is 5.83. The SMILES string of the molecule is CCC(C)c1ccc(N(c2ccc(-c3ccc(N(c4ccc(C(C)(C)C)cc4)c4ccc(C(C)(C)C)cc4)cc3)cc2)c2ccc(-c3ccc(N(c4ccc(C(C)(C)C)cc4)c4ccc(C(C)(C)C)cc4)cc3)cc2)cc1. The highest BCUT2D eigenvalue weighted by Gasteiger charge is 2.22. The standard InChI is InChI=1S/C74H81N3/c1-15-52(2)53-16-34-62(35-17-53)75(63-36-18-54(19-37-63)56-22-40-65(41-23-56)76(67-44-26-58(27-45-67)71(3,4)5)68-46-28-59(29-47-68)72(6,7)8)64-38-20-55(21-39-64)57-24-42-66(43-25-57)77(69-48-30-60(31-49-69)73(9,10)11)70-50-32-61(33-51-70)74(12,13)14/h16-52H,15H2,1-14H3. The smallest absolute Gasteiger partial charge is 0.0462 e. The van der Waals surface area contributed by atoms with Crippen molar-refractivity contribution in [3.05, 3.63) is 246 Å². The van der Waals surface area contributed by atoms with Crippen LogP contribution in [0.4, 0.5) is 51.2 Å². The van der Waals surface area contributed by atoms with Crippen LogP contribution in [-0.4, -0.2) is 0 Å². The van der Waals surface area contributed by atoms with E-state index in [1.54, 1.807) is 0 Å². The number of hydrogen-bond donors (Lipinski definition) is 0. The Morgan fingerprint density at radius 3 is 0.558 bits per heavy atom. The molecule has 0 fully saturated rings. The Morgan fingerprint density at radius 1 is 0.247 bits per heavy atom. The van der Waals surface area contributed by atoms with Crippen molar-refractivity contribution in [3.8, 4) is 22.3 Å². The molecule has 0 aromatic heterocycles. The van der Waals surface area contributed by atoms with Crippen LogP contribution in [0, 0.1) is 0 Å². The van der Waals surface area contributed by atoms with E-state index in [-0.39, 0.29) is 21.7 Å². The molecule has 0 saturated carbocycles. The molecule has 1 atom stereocenters. The molecule has 9 rings (SSSR count). The third-order valence-electron chi connectivity index (χ3n) is 15.5. The molecule has 3 nitrogen and oxygen atoms in total. The Morgan fingerprint density at radius 2 is 0.403 bits per heavy atom. The van der Waals surface area contributed by atoms with Crippen molar-refractivity contribution in [3.63, 3.8) is 0 Å². The molecule has 0 aliphatic rings. The van der Waals surface area contributed by atoms with Crippen molar-refractivity contribution in [2.24, 2.45) is 0 Å². The molecule has 392 valence electrons. The lowest BCUT2D eigenvalue weighted by Gasteiger charge is -2.28. The van der Waals surface area contributed by atoms with Crippen LogP contribution in [0.5, 0.6) is 0 Å². The topological polar surface area (TPSA) is 9.72 Å². The number of nitrogens with zero attached hydrogens (tertiary/aromatic N) is 3. The van der Waals surface area contributed by atoms with Gasteiger partial charge < -0.3 is 14.7 Å². The molecule has 0 saturated heterocycles. The molecule has 1 unspecified atom stereocenters. The first-order valence-electron chi connectivity index (χ1n) is 27.9. The summed E-state index contributed by atoms with van der Waals surface area (Å²) in [6, 6.07) is 81.5. The summed E-state index contributed by atoms with van der Waals surface area (Å²) in [7, 11) is 0. The Bertz CT molecular complexity index is 3020. The van der Waals surface area contributed by atoms with E-state index in [1.165, 1.54) is 50.1 Å². The number of benzene rings is 9. The van der Waals surface area contributed by atoms with Crippen molar-refractivity contribution < 1.29 is 0 Å². The van der Waals surface area contributed by atoms with Gasteiger partial charge in [-0.15, -0.1) is 0 Å². The molecule has 9 aromatic rings. The third-order valence-corrected chi connectivity index (χ3v) is 15.5. The van der Waals surface area contributed by atoms with E-state index >= 15 is 0 Å². The summed E-state index contributed by atoms with van der Waals surface area (Å²) in [5.74, 6) is 0.499. The number of anilines is 9. The van der Waals surface area contributed by atoms with Crippen LogP contribution in [0.15, 0.2) is 218 Å². The molecule has 0 spiro atoms. The molecule has 0 aliphatic carbocycles. The van der Waals surface area contributed by atoms with Crippen LogP contribution in [0.2, 0.25) is 0 Å². The number of hydrogen-bond acceptors (Lipinski definition) is 3. The van der Waals surface area contributed by atoms with E-state index in [2.05, 4.69) is 330 Å². The second-order valence-corrected chi connectivity index (χ2v) is 25.3. The normalized spacial score (nSPS) is 12.5. The van der Waals surface area contributed by atoms with Crippen molar-refractivity contribution in [1.82, 2.24) is 0 Å². The molecule has 0 radical (unpaired) electrons. The first kappa shape index (κ1) is 54.2. The Hall–Kier alpha value is -7.62. The lowest BCUT2D eigenvalue weighted by molar-refractivity contribution is 0.590. The van der Waals surface area contributed by atoms with Gasteiger partial charge in [-0.1, -0.05) is 206 Å². The van der Waals surface area contributed by atoms with E-state index in [1.807, 2.05) is 0 Å². The van der Waals surface area contributed by atoms with E-state index in [4.69, 9.17) is 0 Å². The largest absolute Gasteiger partial charge is 0.311 e. The molecule has 9 aromatic carbocycles. The predicted molar refractivity (Wildman–Crippen MR) is 335 cm³/mol. The Kier molecular flexibility index (Phi) is 15.3. The summed E-state index contributed by atoms with van der Waals surface area (Å²) in [5, 5.41) is 0. The highest BCUT2D eigenvalue weighted by atomic mass is 15.2. The Labute approximate surface area is 462 Å². The second-order valence-electron chi connectivity index (χ2n) is 25.3. The molecule has 77 heavy (non-hydrogen) atoms. The van der Waals surface area contributed by atoms with Gasteiger partial charge in [-0.05, 0) is 193 Å². The average Bonchev–Trinajstić information content (AvgIpc) is 3.42. The molecule has 3 heteroatoms. The molecular formula is C74H81N3. The van der Waals surface area contributed by atoms with Crippen molar-refractivity contribution >= 4 is 51.2 Å². The fraction of sp³-hybridized carbons (Fsp3) is 0.270. The maximum atomic E-state index is 2.38. The van der Waals surface area contributed by atoms with Gasteiger partial charge in [0, 0.05) is 51.2 Å². The highest BCUT2D eigenvalue weighted by Crippen LogP contribution is 2.42. The van der Waals surface area contributed by atoms with E-state index in [9.17, 15) is 0 Å². The zero-order chi connectivity index (χ0) is 54.9. The van der Waals surface area contributed by atoms with Crippen LogP contribution in [0.3, 0.4) is 0 Å². The lowest BCUT2D eigenvalue weighted by Crippen LogP contribution is -2.14. The maximum absolute atomic E-state index is 2.38. The van der Waals surface area contributed by atoms with Gasteiger partial charge in [-0.25, -0.2) is 0 Å². The first-order chi connectivity index (χ1) is 36.5. The summed E-state index contributed by atoms with van der Waals surface area (Å²) < 4.78 is 0. The Balaban J connectivity index is 1.00. The summed E-state index contributed by atoms with van der Waals surface area (Å²) >= 11 is 0. The minimum absolute atomic E-state index is 0.0775. The molecular weight excluding hydrogens is 931 g/mol. The number of rotatable bonds is 13. The average molecular weight is 1010 g/mol. The fourth-order valence-electron chi connectivity index (χ4n) is 10.2. The van der Waals surface area contributed by atoms with Gasteiger partial charge in [0.1, 0.15) is 0 Å². The van der Waals surface area contributed by atoms with Gasteiger partial charge in [0.15, 0.2) is 0 Å². The van der Waals surface area contributed by atoms with Crippen molar-refractivity contribution in [1.29, 1.82) is 0 Å². The first-order valence-corrected chi connectivity index (χ1v) is 27.9. The lowest BCUT2D eigenvalue weighted by atomic mass is 9.86. The van der Waals surface area contributed by atoms with Crippen LogP contribution < -0.4 is 14.7 Å². The zero-order valence-electron chi connectivity index (χ0n) is 48.4. The zero-order valence-corrected chi connectivity index (χ0v) is 48.4. The minimum atomic E-state index is 0.0775. The maximum Gasteiger partial charge on any atom is 0.0462 e. The summed E-state index contributed by atoms with van der Waals surface area (Å²) in [6.07, 6.45) is 1.11. The quantitative estimate of drug-likeness (QED) is 0.114. The van der Waals surface area contributed by atoms with E-state index in [0.717, 1.165) is 57.6 Å². The molecule has 0 aliphatic heterocycles. The second kappa shape index (κ2) is 21.8. The monoisotopic (exact) mass is 1010 g/mol. The summed E-state index contributed by atoms with van der Waals surface area (Å²) in [5.41, 5.74) is 21.8. The van der Waals surface area contributed by atoms with Gasteiger partial charge in [-0.2, -0.15) is 0 Å². The van der Waals surface area contributed by atoms with Gasteiger partial charge in [0.2, 0.25) is 0 Å². The van der Waals surface area contributed by atoms with Crippen molar-refractivity contribution in [2.75, 3.05) is 14.7 Å². The third kappa shape index (κ3) is 12.3. The summed E-state index contributed by atoms with van der Waals surface area (Å²) in [4.78, 5) is 7.11. The minimum Gasteiger partial charge on any atom is -0.311 e. The van der Waals surface area contributed by atoms with Gasteiger partial charge in [-0.3, -0.25) is 0 Å². The summed E-state index contributed by atoms with van der Waals surface area (Å²) in [6.45, 7) is 31.8. The molecule has 0 N–H and O–H groups in total. The van der Waals surface area contributed by atoms with Crippen LogP contribution in [0.1, 0.15) is 137 Å². The molecule has 0 heterocycles. The van der Waals surface area contributed by atoms with Gasteiger partial charge in [0.05, 0.1) is 0 Å². The van der Waals surface area contributed by atoms with E-state index in [0.29, 0.717) is 5.92 Å². The van der Waals surface area contributed by atoms with Gasteiger partial charge >= 0.3 is 0 Å². The van der Waals surface area contributed by atoms with Crippen molar-refractivity contribution in [2.45, 2.75) is 131 Å². The molecule has 0 amide bonds. The predicted octanol–water partition coefficient (Wildman–Crippen LogP) is 22.1. The van der Waals surface area contributed by atoms with Crippen LogP contribution in [-0.2, 0) is 21.7 Å². The van der Waals surface area contributed by atoms with Crippen LogP contribution >= 0.6 is 0 Å². The fourth-order valence-corrected chi connectivity index (χ4v) is 10.2. The van der Waals surface area contributed by atoms with E-state index < -0.39 is 0 Å².